The molecule has 78 valence electrons. The van der Waals surface area contributed by atoms with Crippen LogP contribution in [0.25, 0.3) is 0 Å². The molecule has 3 heteroatoms. The fourth-order valence-electron chi connectivity index (χ4n) is 1.32. The van der Waals surface area contributed by atoms with Gasteiger partial charge in [0, 0.05) is 11.9 Å². The fourth-order valence-corrected chi connectivity index (χ4v) is 2.25. The van der Waals surface area contributed by atoms with Crippen molar-refractivity contribution in [3.8, 4) is 0 Å². The van der Waals surface area contributed by atoms with Gasteiger partial charge in [0.15, 0.2) is 0 Å². The zero-order chi connectivity index (χ0) is 9.68. The van der Waals surface area contributed by atoms with E-state index in [1.54, 1.807) is 0 Å². The van der Waals surface area contributed by atoms with Crippen molar-refractivity contribution in [2.45, 2.75) is 26.4 Å². The van der Waals surface area contributed by atoms with Crippen LogP contribution in [0.2, 0.25) is 0 Å². The molecule has 1 rings (SSSR count). The molecule has 13 heavy (non-hydrogen) atoms. The molecule has 0 spiro atoms. The van der Waals surface area contributed by atoms with Crippen molar-refractivity contribution in [3.63, 3.8) is 0 Å². The molecule has 1 fully saturated rings. The van der Waals surface area contributed by atoms with Gasteiger partial charge in [-0.3, -0.25) is 0 Å². The number of alkyl halides is 1. The first-order valence-electron chi connectivity index (χ1n) is 4.99. The summed E-state index contributed by atoms with van der Waals surface area (Å²) in [6, 6.07) is 0. The first kappa shape index (κ1) is 11.5. The molecule has 0 saturated carbocycles. The number of halogens is 1. The van der Waals surface area contributed by atoms with Crippen LogP contribution < -0.4 is 0 Å². The molecule has 2 unspecified atom stereocenters. The average Bonchev–Trinajstić information content (AvgIpc) is 2.57. The standard InChI is InChI=1S/C10H19BrO2/c1-8(2)9(5-11)6-13-10-3-4-12-7-10/h8-10H,3-7H2,1-2H3. The molecule has 0 aliphatic carbocycles. The highest BCUT2D eigenvalue weighted by Crippen LogP contribution is 2.17. The molecule has 0 bridgehead atoms. The molecule has 0 radical (unpaired) electrons. The van der Waals surface area contributed by atoms with E-state index in [-0.39, 0.29) is 0 Å². The van der Waals surface area contributed by atoms with Crippen LogP contribution in [0.15, 0.2) is 0 Å². The van der Waals surface area contributed by atoms with Gasteiger partial charge in [-0.05, 0) is 18.3 Å². The second kappa shape index (κ2) is 5.99. The lowest BCUT2D eigenvalue weighted by Crippen LogP contribution is -2.22. The molecule has 1 aliphatic rings. The summed E-state index contributed by atoms with van der Waals surface area (Å²) < 4.78 is 11.0. The molecule has 0 aromatic carbocycles. The average molecular weight is 251 g/mol. The molecule has 0 N–H and O–H groups in total. The second-order valence-electron chi connectivity index (χ2n) is 3.98. The summed E-state index contributed by atoms with van der Waals surface area (Å²) in [5, 5.41) is 1.03. The Bertz CT molecular complexity index is 133. The van der Waals surface area contributed by atoms with Crippen molar-refractivity contribution in [1.82, 2.24) is 0 Å². The van der Waals surface area contributed by atoms with Gasteiger partial charge in [-0.25, -0.2) is 0 Å². The minimum absolute atomic E-state index is 0.347. The first-order valence-corrected chi connectivity index (χ1v) is 6.11. The van der Waals surface area contributed by atoms with E-state index in [4.69, 9.17) is 9.47 Å². The van der Waals surface area contributed by atoms with Gasteiger partial charge in [-0.2, -0.15) is 0 Å². The zero-order valence-corrected chi connectivity index (χ0v) is 10.0. The summed E-state index contributed by atoms with van der Waals surface area (Å²) in [7, 11) is 0. The normalized spacial score (nSPS) is 25.4. The fraction of sp³-hybridized carbons (Fsp3) is 1.00. The monoisotopic (exact) mass is 250 g/mol. The van der Waals surface area contributed by atoms with Gasteiger partial charge in [-0.1, -0.05) is 29.8 Å². The quantitative estimate of drug-likeness (QED) is 0.699. The van der Waals surface area contributed by atoms with Crippen LogP contribution in [0, 0.1) is 11.8 Å². The van der Waals surface area contributed by atoms with E-state index in [1.165, 1.54) is 0 Å². The van der Waals surface area contributed by atoms with E-state index >= 15 is 0 Å². The highest BCUT2D eigenvalue weighted by molar-refractivity contribution is 9.09. The predicted octanol–water partition coefficient (Wildman–Crippen LogP) is 2.46. The molecule has 0 aromatic rings. The van der Waals surface area contributed by atoms with E-state index in [9.17, 15) is 0 Å². The highest BCUT2D eigenvalue weighted by atomic mass is 79.9. The molecular weight excluding hydrogens is 232 g/mol. The zero-order valence-electron chi connectivity index (χ0n) is 8.46. The molecule has 2 atom stereocenters. The van der Waals surface area contributed by atoms with Crippen molar-refractivity contribution in [3.05, 3.63) is 0 Å². The molecule has 1 saturated heterocycles. The lowest BCUT2D eigenvalue weighted by Gasteiger charge is -2.20. The maximum absolute atomic E-state index is 5.76. The summed E-state index contributed by atoms with van der Waals surface area (Å²) in [6.07, 6.45) is 1.41. The van der Waals surface area contributed by atoms with E-state index < -0.39 is 0 Å². The Hall–Kier alpha value is 0.400. The van der Waals surface area contributed by atoms with Crippen LogP contribution in [0.4, 0.5) is 0 Å². The third-order valence-corrected chi connectivity index (χ3v) is 3.41. The van der Waals surface area contributed by atoms with Gasteiger partial charge < -0.3 is 9.47 Å². The second-order valence-corrected chi connectivity index (χ2v) is 4.62. The summed E-state index contributed by atoms with van der Waals surface area (Å²) in [6.45, 7) is 6.98. The Morgan fingerprint density at radius 1 is 1.54 bits per heavy atom. The van der Waals surface area contributed by atoms with Crippen LogP contribution in [-0.4, -0.2) is 31.3 Å². The molecular formula is C10H19BrO2. The Labute approximate surface area is 89.1 Å². The van der Waals surface area contributed by atoms with E-state index in [0.717, 1.165) is 31.6 Å². The number of hydrogen-bond acceptors (Lipinski definition) is 2. The molecule has 1 aliphatic heterocycles. The van der Waals surface area contributed by atoms with E-state index in [1.807, 2.05) is 0 Å². The number of ether oxygens (including phenoxy) is 2. The number of hydrogen-bond donors (Lipinski definition) is 0. The molecule has 0 amide bonds. The Balaban J connectivity index is 2.15. The van der Waals surface area contributed by atoms with Gasteiger partial charge in [0.2, 0.25) is 0 Å². The Kier molecular flexibility index (Phi) is 5.29. The van der Waals surface area contributed by atoms with Crippen LogP contribution in [0.3, 0.4) is 0 Å². The minimum atomic E-state index is 0.347. The number of rotatable bonds is 5. The van der Waals surface area contributed by atoms with Crippen LogP contribution in [0.5, 0.6) is 0 Å². The maximum Gasteiger partial charge on any atom is 0.0830 e. The van der Waals surface area contributed by atoms with Crippen molar-refractivity contribution in [2.75, 3.05) is 25.2 Å². The predicted molar refractivity (Wildman–Crippen MR) is 57.3 cm³/mol. The third kappa shape index (κ3) is 3.96. The van der Waals surface area contributed by atoms with Gasteiger partial charge in [-0.15, -0.1) is 0 Å². The Morgan fingerprint density at radius 3 is 2.77 bits per heavy atom. The Morgan fingerprint density at radius 2 is 2.31 bits per heavy atom. The van der Waals surface area contributed by atoms with Crippen LogP contribution in [-0.2, 0) is 9.47 Å². The van der Waals surface area contributed by atoms with Crippen molar-refractivity contribution in [1.29, 1.82) is 0 Å². The van der Waals surface area contributed by atoms with Crippen LogP contribution >= 0.6 is 15.9 Å². The lowest BCUT2D eigenvalue weighted by molar-refractivity contribution is 0.0182. The molecule has 0 aromatic heterocycles. The molecule has 2 nitrogen and oxygen atoms in total. The van der Waals surface area contributed by atoms with Gasteiger partial charge in [0.25, 0.3) is 0 Å². The smallest absolute Gasteiger partial charge is 0.0830 e. The van der Waals surface area contributed by atoms with Gasteiger partial charge >= 0.3 is 0 Å². The van der Waals surface area contributed by atoms with Crippen molar-refractivity contribution in [2.24, 2.45) is 11.8 Å². The summed E-state index contributed by atoms with van der Waals surface area (Å²) >= 11 is 3.51. The maximum atomic E-state index is 5.76. The summed E-state index contributed by atoms with van der Waals surface area (Å²) in [4.78, 5) is 0. The minimum Gasteiger partial charge on any atom is -0.379 e. The van der Waals surface area contributed by atoms with Crippen molar-refractivity contribution < 1.29 is 9.47 Å². The van der Waals surface area contributed by atoms with E-state index in [0.29, 0.717) is 17.9 Å². The van der Waals surface area contributed by atoms with Crippen LogP contribution in [0.1, 0.15) is 20.3 Å². The summed E-state index contributed by atoms with van der Waals surface area (Å²) in [5.74, 6) is 1.31. The van der Waals surface area contributed by atoms with Crippen molar-refractivity contribution >= 4 is 15.9 Å². The van der Waals surface area contributed by atoms with Gasteiger partial charge in [0.05, 0.1) is 19.3 Å². The molecule has 1 heterocycles. The SMILES string of the molecule is CC(C)C(CBr)COC1CCOC1. The van der Waals surface area contributed by atoms with E-state index in [2.05, 4.69) is 29.8 Å². The first-order chi connectivity index (χ1) is 6.24. The van der Waals surface area contributed by atoms with Gasteiger partial charge in [0.1, 0.15) is 0 Å². The third-order valence-electron chi connectivity index (χ3n) is 2.57. The topological polar surface area (TPSA) is 18.5 Å². The summed E-state index contributed by atoms with van der Waals surface area (Å²) in [5.41, 5.74) is 0. The largest absolute Gasteiger partial charge is 0.379 e. The lowest BCUT2D eigenvalue weighted by atomic mass is 9.99. The highest BCUT2D eigenvalue weighted by Gasteiger charge is 2.19.